The smallest absolute Gasteiger partial charge is 0.116 e. The molecule has 0 aliphatic carbocycles. The van der Waals surface area contributed by atoms with Gasteiger partial charge in [0.1, 0.15) is 5.75 Å². The second-order valence-electron chi connectivity index (χ2n) is 2.97. The Hall–Kier alpha value is -1.68. The average Bonchev–Trinajstić information content (AvgIpc) is 2.17. The lowest BCUT2D eigenvalue weighted by Crippen LogP contribution is -2.25. The van der Waals surface area contributed by atoms with Crippen molar-refractivity contribution in [2.24, 2.45) is 11.6 Å². The third-order valence-electron chi connectivity index (χ3n) is 1.85. The van der Waals surface area contributed by atoms with E-state index in [1.807, 2.05) is 13.0 Å². The Morgan fingerprint density at radius 1 is 1.57 bits per heavy atom. The van der Waals surface area contributed by atoms with Crippen LogP contribution in [0.2, 0.25) is 0 Å². The Balaban J connectivity index is 2.88. The molecule has 0 heterocycles. The first kappa shape index (κ1) is 10.4. The Morgan fingerprint density at radius 2 is 2.29 bits per heavy atom. The van der Waals surface area contributed by atoms with Gasteiger partial charge in [-0.15, -0.1) is 0 Å². The van der Waals surface area contributed by atoms with E-state index < -0.39 is 0 Å². The Bertz CT molecular complexity index is 336. The minimum absolute atomic E-state index is 0.193. The van der Waals surface area contributed by atoms with Gasteiger partial charge in [-0.1, -0.05) is 12.1 Å². The molecular weight excluding hydrogens is 178 g/mol. The largest absolute Gasteiger partial charge is 0.508 e. The van der Waals surface area contributed by atoms with Gasteiger partial charge in [0.25, 0.3) is 0 Å². The molecule has 1 aromatic rings. The number of phenolic OH excluding ortho intramolecular Hbond substituents is 1. The third kappa shape index (κ3) is 2.67. The van der Waals surface area contributed by atoms with Gasteiger partial charge in [0.2, 0.25) is 0 Å². The molecule has 1 aromatic carbocycles. The fourth-order valence-corrected chi connectivity index (χ4v) is 1.03. The summed E-state index contributed by atoms with van der Waals surface area (Å²) in [5.74, 6) is 5.76. The van der Waals surface area contributed by atoms with Gasteiger partial charge in [-0.2, -0.15) is 0 Å². The van der Waals surface area contributed by atoms with E-state index in [9.17, 15) is 5.11 Å². The molecule has 0 aromatic heterocycles. The highest BCUT2D eigenvalue weighted by Gasteiger charge is 1.98. The minimum atomic E-state index is 0.193. The highest BCUT2D eigenvalue weighted by atomic mass is 16.3. The van der Waals surface area contributed by atoms with Crippen LogP contribution in [0, 0.1) is 0 Å². The fraction of sp³-hybridized carbons (Fsp3) is 0.200. The molecule has 76 valence electrons. The van der Waals surface area contributed by atoms with Crippen LogP contribution in [-0.2, 0) is 0 Å². The van der Waals surface area contributed by atoms with E-state index in [4.69, 9.17) is 11.6 Å². The average molecular weight is 193 g/mol. The zero-order valence-electron chi connectivity index (χ0n) is 8.14. The predicted octanol–water partition coefficient (Wildman–Crippen LogP) is 0.845. The summed E-state index contributed by atoms with van der Waals surface area (Å²) in [5, 5.41) is 10.7. The second-order valence-corrected chi connectivity index (χ2v) is 2.97. The molecule has 0 aliphatic rings. The normalized spacial score (nSPS) is 11.4. The van der Waals surface area contributed by atoms with Gasteiger partial charge >= 0.3 is 0 Å². The number of nitrogens with zero attached hydrogens (tertiary/aromatic N) is 1. The SMILES string of the molecule is CCN(N)/C=C(\N)c1cccc(O)c1. The van der Waals surface area contributed by atoms with Gasteiger partial charge in [0, 0.05) is 18.3 Å². The van der Waals surface area contributed by atoms with E-state index in [2.05, 4.69) is 0 Å². The first-order valence-corrected chi connectivity index (χ1v) is 4.41. The van der Waals surface area contributed by atoms with Crippen LogP contribution in [0.4, 0.5) is 0 Å². The molecule has 1 rings (SSSR count). The Morgan fingerprint density at radius 3 is 2.86 bits per heavy atom. The zero-order chi connectivity index (χ0) is 10.6. The van der Waals surface area contributed by atoms with Gasteiger partial charge in [0.05, 0.1) is 5.70 Å². The molecule has 0 spiro atoms. The van der Waals surface area contributed by atoms with Gasteiger partial charge < -0.3 is 15.8 Å². The van der Waals surface area contributed by atoms with Crippen molar-refractivity contribution in [3.63, 3.8) is 0 Å². The van der Waals surface area contributed by atoms with Crippen LogP contribution in [-0.4, -0.2) is 16.7 Å². The second kappa shape index (κ2) is 4.53. The molecular formula is C10H15N3O. The maximum atomic E-state index is 9.23. The number of hydrazine groups is 1. The van der Waals surface area contributed by atoms with E-state index in [1.54, 1.807) is 24.4 Å². The highest BCUT2D eigenvalue weighted by Crippen LogP contribution is 2.15. The monoisotopic (exact) mass is 193 g/mol. The summed E-state index contributed by atoms with van der Waals surface area (Å²) in [5.41, 5.74) is 7.06. The van der Waals surface area contributed by atoms with Crippen LogP contribution in [0.1, 0.15) is 12.5 Å². The third-order valence-corrected chi connectivity index (χ3v) is 1.85. The van der Waals surface area contributed by atoms with Crippen molar-refractivity contribution < 1.29 is 5.11 Å². The molecule has 14 heavy (non-hydrogen) atoms. The van der Waals surface area contributed by atoms with E-state index >= 15 is 0 Å². The van der Waals surface area contributed by atoms with Crippen molar-refractivity contribution in [1.82, 2.24) is 5.01 Å². The quantitative estimate of drug-likeness (QED) is 0.491. The molecule has 0 saturated carbocycles. The molecule has 0 atom stereocenters. The van der Waals surface area contributed by atoms with Crippen LogP contribution in [0.5, 0.6) is 5.75 Å². The number of hydrogen-bond donors (Lipinski definition) is 3. The maximum Gasteiger partial charge on any atom is 0.116 e. The van der Waals surface area contributed by atoms with E-state index in [0.29, 0.717) is 12.2 Å². The van der Waals surface area contributed by atoms with Gasteiger partial charge in [0.15, 0.2) is 0 Å². The maximum absolute atomic E-state index is 9.23. The molecule has 0 amide bonds. The molecule has 0 unspecified atom stereocenters. The topological polar surface area (TPSA) is 75.5 Å². The molecule has 0 bridgehead atoms. The number of aromatic hydroxyl groups is 1. The Kier molecular flexibility index (Phi) is 3.36. The van der Waals surface area contributed by atoms with Crippen LogP contribution in [0.15, 0.2) is 30.5 Å². The lowest BCUT2D eigenvalue weighted by molar-refractivity contribution is 0.418. The van der Waals surface area contributed by atoms with Gasteiger partial charge in [-0.3, -0.25) is 0 Å². The zero-order valence-corrected chi connectivity index (χ0v) is 8.14. The summed E-state index contributed by atoms with van der Waals surface area (Å²) in [6.45, 7) is 2.60. The highest BCUT2D eigenvalue weighted by molar-refractivity contribution is 5.63. The van der Waals surface area contributed by atoms with Gasteiger partial charge in [-0.25, -0.2) is 5.84 Å². The van der Waals surface area contributed by atoms with Gasteiger partial charge in [-0.05, 0) is 19.1 Å². The van der Waals surface area contributed by atoms with Crippen molar-refractivity contribution in [2.45, 2.75) is 6.92 Å². The number of benzene rings is 1. The lowest BCUT2D eigenvalue weighted by Gasteiger charge is -2.11. The van der Waals surface area contributed by atoms with E-state index in [1.165, 1.54) is 5.01 Å². The molecule has 0 fully saturated rings. The molecule has 5 N–H and O–H groups in total. The first-order valence-electron chi connectivity index (χ1n) is 4.41. The van der Waals surface area contributed by atoms with Crippen molar-refractivity contribution in [3.8, 4) is 5.75 Å². The van der Waals surface area contributed by atoms with Crippen molar-refractivity contribution >= 4 is 5.70 Å². The van der Waals surface area contributed by atoms with Crippen LogP contribution in [0.3, 0.4) is 0 Å². The van der Waals surface area contributed by atoms with Crippen molar-refractivity contribution in [2.75, 3.05) is 6.54 Å². The van der Waals surface area contributed by atoms with E-state index in [-0.39, 0.29) is 5.75 Å². The van der Waals surface area contributed by atoms with Crippen LogP contribution >= 0.6 is 0 Å². The molecule has 4 nitrogen and oxygen atoms in total. The fourth-order valence-electron chi connectivity index (χ4n) is 1.03. The lowest BCUT2D eigenvalue weighted by atomic mass is 10.1. The Labute approximate surface area is 83.4 Å². The number of nitrogens with two attached hydrogens (primary N) is 2. The van der Waals surface area contributed by atoms with Crippen molar-refractivity contribution in [3.05, 3.63) is 36.0 Å². The van der Waals surface area contributed by atoms with Crippen LogP contribution < -0.4 is 11.6 Å². The summed E-state index contributed by atoms with van der Waals surface area (Å²) in [6.07, 6.45) is 1.63. The summed E-state index contributed by atoms with van der Waals surface area (Å²) >= 11 is 0. The molecule has 0 radical (unpaired) electrons. The summed E-state index contributed by atoms with van der Waals surface area (Å²) in [7, 11) is 0. The summed E-state index contributed by atoms with van der Waals surface area (Å²) in [6, 6.07) is 6.74. The minimum Gasteiger partial charge on any atom is -0.508 e. The molecule has 0 saturated heterocycles. The number of hydrogen-bond acceptors (Lipinski definition) is 4. The summed E-state index contributed by atoms with van der Waals surface area (Å²) in [4.78, 5) is 0. The number of rotatable bonds is 3. The number of phenols is 1. The van der Waals surface area contributed by atoms with Crippen LogP contribution in [0.25, 0.3) is 5.70 Å². The van der Waals surface area contributed by atoms with E-state index in [0.717, 1.165) is 5.56 Å². The van der Waals surface area contributed by atoms with Crippen molar-refractivity contribution in [1.29, 1.82) is 0 Å². The first-order chi connectivity index (χ1) is 6.63. The standard InChI is InChI=1S/C10H15N3O/c1-2-13(12)7-10(11)8-4-3-5-9(14)6-8/h3-7,14H,2,11-12H2,1H3/b10-7-. The summed E-state index contributed by atoms with van der Waals surface area (Å²) < 4.78 is 0. The molecule has 4 heteroatoms. The predicted molar refractivity (Wildman–Crippen MR) is 56.8 cm³/mol. The molecule has 0 aliphatic heterocycles.